The molecule has 2 aliphatic heterocycles. The van der Waals surface area contributed by atoms with Crippen LogP contribution in [0.25, 0.3) is 0 Å². The van der Waals surface area contributed by atoms with E-state index in [0.717, 1.165) is 70.2 Å². The predicted molar refractivity (Wildman–Crippen MR) is 125 cm³/mol. The van der Waals surface area contributed by atoms with Crippen LogP contribution in [0, 0.1) is 0 Å². The van der Waals surface area contributed by atoms with Crippen LogP contribution >= 0.6 is 35.7 Å². The van der Waals surface area contributed by atoms with Crippen molar-refractivity contribution < 1.29 is 9.47 Å². The molecule has 0 saturated carbocycles. The predicted octanol–water partition coefficient (Wildman–Crippen LogP) is 3.64. The molecule has 0 aromatic heterocycles. The van der Waals surface area contributed by atoms with Crippen molar-refractivity contribution >= 4 is 41.7 Å². The minimum atomic E-state index is 0. The number of aliphatic imine (C=N–C) groups is 1. The molecule has 1 aromatic carbocycles. The molecule has 0 amide bonds. The van der Waals surface area contributed by atoms with Gasteiger partial charge < -0.3 is 19.7 Å². The van der Waals surface area contributed by atoms with Crippen molar-refractivity contribution in [1.82, 2.24) is 10.2 Å². The van der Waals surface area contributed by atoms with Gasteiger partial charge in [0.05, 0.1) is 0 Å². The first-order valence-corrected chi connectivity index (χ1v) is 10.8. The van der Waals surface area contributed by atoms with E-state index >= 15 is 0 Å². The molecule has 0 atom stereocenters. The summed E-state index contributed by atoms with van der Waals surface area (Å²) in [6.45, 7) is 4.64. The van der Waals surface area contributed by atoms with Crippen LogP contribution in [0.3, 0.4) is 0 Å². The number of benzene rings is 1. The molecule has 2 saturated heterocycles. The number of halogens is 1. The van der Waals surface area contributed by atoms with Crippen LogP contribution in [0.4, 0.5) is 0 Å². The van der Waals surface area contributed by atoms with Gasteiger partial charge in [-0.15, -0.1) is 24.0 Å². The minimum absolute atomic E-state index is 0. The molecule has 27 heavy (non-hydrogen) atoms. The van der Waals surface area contributed by atoms with Gasteiger partial charge in [-0.05, 0) is 31.2 Å². The lowest BCUT2D eigenvalue weighted by Gasteiger charge is -2.38. The Labute approximate surface area is 184 Å². The summed E-state index contributed by atoms with van der Waals surface area (Å²) >= 11 is 1.96. The summed E-state index contributed by atoms with van der Waals surface area (Å²) in [7, 11) is 1.88. The maximum absolute atomic E-state index is 6.10. The Balaban J connectivity index is 0.00000261. The molecular weight excluding hydrogens is 473 g/mol. The highest BCUT2D eigenvalue weighted by atomic mass is 127. The maximum Gasteiger partial charge on any atom is 0.193 e. The Morgan fingerprint density at radius 1 is 1.26 bits per heavy atom. The molecule has 0 unspecified atom stereocenters. The van der Waals surface area contributed by atoms with Crippen LogP contribution in [0.5, 0.6) is 5.75 Å². The van der Waals surface area contributed by atoms with E-state index in [1.54, 1.807) is 0 Å². The van der Waals surface area contributed by atoms with Crippen molar-refractivity contribution in [2.75, 3.05) is 46.2 Å². The Kier molecular flexibility index (Phi) is 9.52. The van der Waals surface area contributed by atoms with Crippen LogP contribution in [-0.2, 0) is 4.74 Å². The number of rotatable bonds is 5. The molecule has 0 aliphatic carbocycles. The Morgan fingerprint density at radius 2 is 1.93 bits per heavy atom. The van der Waals surface area contributed by atoms with E-state index in [9.17, 15) is 0 Å². The third kappa shape index (κ3) is 6.42. The summed E-state index contributed by atoms with van der Waals surface area (Å²) in [5.41, 5.74) is 0. The summed E-state index contributed by atoms with van der Waals surface area (Å²) in [5, 5.41) is 3.62. The summed E-state index contributed by atoms with van der Waals surface area (Å²) in [4.78, 5) is 6.88. The zero-order chi connectivity index (χ0) is 18.2. The van der Waals surface area contributed by atoms with Gasteiger partial charge in [-0.1, -0.05) is 18.2 Å². The van der Waals surface area contributed by atoms with Crippen molar-refractivity contribution in [3.8, 4) is 5.75 Å². The van der Waals surface area contributed by atoms with Crippen molar-refractivity contribution in [3.63, 3.8) is 0 Å². The normalized spacial score (nSPS) is 20.7. The van der Waals surface area contributed by atoms with E-state index in [4.69, 9.17) is 9.47 Å². The first kappa shape index (κ1) is 22.6. The third-order valence-electron chi connectivity index (χ3n) is 5.40. The zero-order valence-electron chi connectivity index (χ0n) is 16.4. The number of hydrogen-bond acceptors (Lipinski definition) is 4. The van der Waals surface area contributed by atoms with Gasteiger partial charge in [0, 0.05) is 57.5 Å². The molecule has 2 aliphatic rings. The molecule has 5 nitrogen and oxygen atoms in total. The second-order valence-electron chi connectivity index (χ2n) is 7.02. The SMILES string of the molecule is CN=C(NCC1(SC)CCOCC1)N1CCC(Oc2ccccc2)CC1.I. The van der Waals surface area contributed by atoms with Gasteiger partial charge in [0.25, 0.3) is 0 Å². The smallest absolute Gasteiger partial charge is 0.193 e. The van der Waals surface area contributed by atoms with E-state index in [-0.39, 0.29) is 28.7 Å². The first-order valence-electron chi connectivity index (χ1n) is 9.55. The van der Waals surface area contributed by atoms with E-state index in [0.29, 0.717) is 6.10 Å². The molecule has 1 N–H and O–H groups in total. The fourth-order valence-electron chi connectivity index (χ4n) is 3.65. The monoisotopic (exact) mass is 505 g/mol. The standard InChI is InChI=1S/C20H31N3O2S.HI/c1-21-19(22-16-20(26-2)10-14-24-15-11-20)23-12-8-18(9-13-23)25-17-6-4-3-5-7-17;/h3-7,18H,8-16H2,1-2H3,(H,21,22);1H. The largest absolute Gasteiger partial charge is 0.490 e. The van der Waals surface area contributed by atoms with Crippen LogP contribution in [-0.4, -0.2) is 67.9 Å². The molecule has 7 heteroatoms. The van der Waals surface area contributed by atoms with E-state index in [1.807, 2.05) is 49.1 Å². The lowest BCUT2D eigenvalue weighted by molar-refractivity contribution is 0.0778. The minimum Gasteiger partial charge on any atom is -0.490 e. The highest BCUT2D eigenvalue weighted by molar-refractivity contribution is 14.0. The average Bonchev–Trinajstić information content (AvgIpc) is 2.71. The molecule has 0 spiro atoms. The van der Waals surface area contributed by atoms with Gasteiger partial charge in [0.15, 0.2) is 5.96 Å². The fourth-order valence-corrected chi connectivity index (χ4v) is 4.44. The molecular formula is C20H32IN3O2S. The quantitative estimate of drug-likeness (QED) is 0.376. The van der Waals surface area contributed by atoms with Crippen molar-refractivity contribution in [3.05, 3.63) is 30.3 Å². The first-order chi connectivity index (χ1) is 12.7. The molecule has 3 rings (SSSR count). The number of nitrogens with one attached hydrogen (secondary N) is 1. The number of ether oxygens (including phenoxy) is 2. The number of piperidine rings is 1. The lowest BCUT2D eigenvalue weighted by Crippen LogP contribution is -2.51. The Bertz CT molecular complexity index is 574. The van der Waals surface area contributed by atoms with Gasteiger partial charge >= 0.3 is 0 Å². The molecule has 2 fully saturated rings. The number of guanidine groups is 1. The van der Waals surface area contributed by atoms with E-state index < -0.39 is 0 Å². The summed E-state index contributed by atoms with van der Waals surface area (Å²) < 4.78 is 11.9. The number of hydrogen-bond donors (Lipinski definition) is 1. The second-order valence-corrected chi connectivity index (χ2v) is 8.29. The van der Waals surface area contributed by atoms with E-state index in [1.165, 1.54) is 0 Å². The van der Waals surface area contributed by atoms with Crippen molar-refractivity contribution in [2.24, 2.45) is 4.99 Å². The van der Waals surface area contributed by atoms with E-state index in [2.05, 4.69) is 21.5 Å². The fraction of sp³-hybridized carbons (Fsp3) is 0.650. The molecule has 1 aromatic rings. The average molecular weight is 505 g/mol. The highest BCUT2D eigenvalue weighted by Crippen LogP contribution is 2.33. The molecule has 152 valence electrons. The van der Waals surface area contributed by atoms with Gasteiger partial charge in [-0.25, -0.2) is 0 Å². The summed E-state index contributed by atoms with van der Waals surface area (Å²) in [5.74, 6) is 1.98. The van der Waals surface area contributed by atoms with Crippen LogP contribution < -0.4 is 10.1 Å². The Hall–Kier alpha value is -0.670. The summed E-state index contributed by atoms with van der Waals surface area (Å²) in [6.07, 6.45) is 6.76. The second kappa shape index (κ2) is 11.4. The van der Waals surface area contributed by atoms with Crippen LogP contribution in [0.15, 0.2) is 35.3 Å². The molecule has 2 heterocycles. The number of likely N-dealkylation sites (tertiary alicyclic amines) is 1. The van der Waals surface area contributed by atoms with Gasteiger partial charge in [-0.3, -0.25) is 4.99 Å². The Morgan fingerprint density at radius 3 is 2.52 bits per heavy atom. The topological polar surface area (TPSA) is 46.1 Å². The third-order valence-corrected chi connectivity index (χ3v) is 6.82. The molecule has 0 bridgehead atoms. The van der Waals surface area contributed by atoms with Crippen molar-refractivity contribution in [1.29, 1.82) is 0 Å². The van der Waals surface area contributed by atoms with Gasteiger partial charge in [0.2, 0.25) is 0 Å². The van der Waals surface area contributed by atoms with Crippen LogP contribution in [0.2, 0.25) is 0 Å². The zero-order valence-corrected chi connectivity index (χ0v) is 19.5. The van der Waals surface area contributed by atoms with Crippen molar-refractivity contribution in [2.45, 2.75) is 36.5 Å². The summed E-state index contributed by atoms with van der Waals surface area (Å²) in [6, 6.07) is 10.1. The maximum atomic E-state index is 6.10. The van der Waals surface area contributed by atoms with Gasteiger partial charge in [-0.2, -0.15) is 11.8 Å². The molecule has 0 radical (unpaired) electrons. The highest BCUT2D eigenvalue weighted by Gasteiger charge is 2.32. The van der Waals surface area contributed by atoms with Crippen LogP contribution in [0.1, 0.15) is 25.7 Å². The lowest BCUT2D eigenvalue weighted by atomic mass is 9.99. The van der Waals surface area contributed by atoms with Gasteiger partial charge in [0.1, 0.15) is 11.9 Å². The number of para-hydroxylation sites is 1. The number of nitrogens with zero attached hydrogens (tertiary/aromatic N) is 2. The number of thioether (sulfide) groups is 1.